The Labute approximate surface area is 366 Å². The fourth-order valence-corrected chi connectivity index (χ4v) is 7.44. The second-order valence-electron chi connectivity index (χ2n) is 9.26. The number of halogens is 1. The van der Waals surface area contributed by atoms with Gasteiger partial charge in [0.05, 0.1) is 14.2 Å². The molecule has 0 aliphatic carbocycles. The number of nitrogens with one attached hydrogen (secondary N) is 2. The van der Waals surface area contributed by atoms with Gasteiger partial charge in [0.25, 0.3) is 19.1 Å². The topological polar surface area (TPSA) is 272 Å². The van der Waals surface area contributed by atoms with E-state index in [1.165, 1.54) is 58.4 Å². The molecule has 0 aliphatic heterocycles. The van der Waals surface area contributed by atoms with Gasteiger partial charge < -0.3 is 24.3 Å². The van der Waals surface area contributed by atoms with E-state index in [1.54, 1.807) is 32.0 Å². The van der Waals surface area contributed by atoms with Gasteiger partial charge in [-0.1, -0.05) is 61.6 Å². The van der Waals surface area contributed by atoms with Crippen LogP contribution in [0, 0.1) is 25.4 Å². The number of aryl methyl sites for hydroxylation is 2. The Morgan fingerprint density at radius 2 is 1.37 bits per heavy atom. The third-order valence-electron chi connectivity index (χ3n) is 5.96. The fraction of sp³-hybridized carbons (Fsp3) is 0.357. The van der Waals surface area contributed by atoms with Gasteiger partial charge in [0.1, 0.15) is 35.5 Å². The van der Waals surface area contributed by atoms with Crippen LogP contribution in [0.2, 0.25) is 0 Å². The molecule has 0 atom stereocenters. The van der Waals surface area contributed by atoms with Crippen molar-refractivity contribution in [1.82, 2.24) is 34.2 Å². The summed E-state index contributed by atoms with van der Waals surface area (Å²) in [6.07, 6.45) is 0.500. The normalized spacial score (nSPS) is 10.3. The van der Waals surface area contributed by atoms with Crippen molar-refractivity contribution in [3.63, 3.8) is 0 Å². The number of hydrogen-bond donors (Lipinski definition) is 2. The molecular weight excluding hydrogens is 843 g/mol. The summed E-state index contributed by atoms with van der Waals surface area (Å²) < 4.78 is 61.4. The summed E-state index contributed by atoms with van der Waals surface area (Å²) in [4.78, 5) is 44.8. The maximum Gasteiger partial charge on any atom is 1.00 e. The molecule has 4 rings (SSSR count). The van der Waals surface area contributed by atoms with Gasteiger partial charge in [-0.15, -0.1) is 24.3 Å². The number of hydrogen-bond acceptors (Lipinski definition) is 17. The molecule has 0 saturated carbocycles. The molecule has 0 unspecified atom stereocenters. The molecule has 0 fully saturated rings. The number of aromatic nitrogens is 6. The number of benzene rings is 2. The molecule has 4 aromatic rings. The number of para-hydroxylation sites is 2. The molecule has 0 bridgehead atoms. The molecule has 2 N–H and O–H groups in total. The average Bonchev–Trinajstić information content (AvgIpc) is 3.62. The van der Waals surface area contributed by atoms with Crippen LogP contribution in [-0.2, 0) is 19.1 Å². The van der Waals surface area contributed by atoms with Gasteiger partial charge in [-0.3, -0.25) is 0 Å². The summed E-state index contributed by atoms with van der Waals surface area (Å²) in [6.45, 7) is 7.22. The number of amides is 1. The van der Waals surface area contributed by atoms with Crippen molar-refractivity contribution < 1.29 is 97.3 Å². The molecule has 2 aromatic heterocycles. The van der Waals surface area contributed by atoms with Gasteiger partial charge >= 0.3 is 68.8 Å². The maximum atomic E-state index is 12.5. The second-order valence-corrected chi connectivity index (χ2v) is 15.9. The van der Waals surface area contributed by atoms with E-state index in [-0.39, 0.29) is 77.8 Å². The summed E-state index contributed by atoms with van der Waals surface area (Å²) >= 11 is 2.60. The van der Waals surface area contributed by atoms with E-state index in [0.717, 1.165) is 32.5 Å². The van der Waals surface area contributed by atoms with E-state index in [1.807, 2.05) is 18.6 Å². The zero-order chi connectivity index (χ0) is 40.5. The molecule has 292 valence electrons. The van der Waals surface area contributed by atoms with Crippen molar-refractivity contribution >= 4 is 59.3 Å². The largest absolute Gasteiger partial charge is 1.00 e. The molecular formula is C28H36ClKN8O12S4. The third kappa shape index (κ3) is 14.1. The Hall–Kier alpha value is -3.19. The Balaban J connectivity index is 0.000000835. The van der Waals surface area contributed by atoms with Crippen molar-refractivity contribution in [1.29, 1.82) is 5.26 Å². The van der Waals surface area contributed by atoms with Crippen molar-refractivity contribution in [2.24, 2.45) is 0 Å². The predicted molar refractivity (Wildman–Crippen MR) is 192 cm³/mol. The Morgan fingerprint density at radius 1 is 0.907 bits per heavy atom. The Kier molecular flexibility index (Phi) is 22.9. The number of carbonyl (C=O) groups is 1. The molecule has 2 aromatic carbocycles. The average molecular weight is 879 g/mol. The molecule has 1 amide bonds. The minimum Gasteiger partial charge on any atom is -0.812 e. The van der Waals surface area contributed by atoms with E-state index < -0.39 is 30.8 Å². The van der Waals surface area contributed by atoms with Crippen LogP contribution >= 0.6 is 34.2 Å². The molecule has 26 heteroatoms. The number of ether oxygens (including phenoxy) is 2. The molecule has 20 nitrogen and oxygen atoms in total. The number of sulfonamides is 1. The van der Waals surface area contributed by atoms with Crippen LogP contribution in [0.5, 0.6) is 11.5 Å². The third-order valence-corrected chi connectivity index (χ3v) is 10.2. The van der Waals surface area contributed by atoms with Gasteiger partial charge in [-0.05, 0) is 48.6 Å². The zero-order valence-corrected chi connectivity index (χ0v) is 37.6. The Morgan fingerprint density at radius 3 is 1.80 bits per heavy atom. The monoisotopic (exact) mass is 878 g/mol. The first-order chi connectivity index (χ1) is 24.9. The first-order valence-electron chi connectivity index (χ1n) is 14.5. The summed E-state index contributed by atoms with van der Waals surface area (Å²) in [5.41, 5.74) is 0.0466. The number of thioether (sulfide) groups is 2. The molecule has 0 radical (unpaired) electrons. The van der Waals surface area contributed by atoms with Crippen LogP contribution in [0.15, 0.2) is 66.1 Å². The van der Waals surface area contributed by atoms with E-state index >= 15 is 0 Å². The van der Waals surface area contributed by atoms with Crippen LogP contribution in [0.1, 0.15) is 25.0 Å². The smallest absolute Gasteiger partial charge is 0.812 e. The predicted octanol–water partition coefficient (Wildman–Crippen LogP) is -2.02. The molecule has 0 spiro atoms. The van der Waals surface area contributed by atoms with E-state index in [9.17, 15) is 31.2 Å². The van der Waals surface area contributed by atoms with Crippen molar-refractivity contribution in [2.75, 3.05) is 39.9 Å². The number of nitrogens with zero attached hydrogens (tertiary/aromatic N) is 6. The Bertz CT molecular complexity index is 2220. The maximum absolute atomic E-state index is 12.5. The minimum atomic E-state index is -4.29. The number of aromatic amines is 1. The quantitative estimate of drug-likeness (QED) is 0.0713. The van der Waals surface area contributed by atoms with Crippen molar-refractivity contribution in [3.8, 4) is 17.8 Å². The summed E-state index contributed by atoms with van der Waals surface area (Å²) in [5, 5.41) is 25.5. The number of nitriles is 1. The van der Waals surface area contributed by atoms with Crippen LogP contribution < -0.4 is 91.7 Å². The van der Waals surface area contributed by atoms with E-state index in [4.69, 9.17) is 40.2 Å². The second kappa shape index (κ2) is 24.3. The fourth-order valence-electron chi connectivity index (χ4n) is 3.89. The molecule has 54 heavy (non-hydrogen) atoms. The first-order valence-corrected chi connectivity index (χ1v) is 20.2. The van der Waals surface area contributed by atoms with Gasteiger partial charge in [0, 0.05) is 16.9 Å². The van der Waals surface area contributed by atoms with Crippen molar-refractivity contribution in [3.05, 3.63) is 68.5 Å². The molecule has 0 aliphatic rings. The number of methoxy groups -OCH3 is 2. The van der Waals surface area contributed by atoms with Gasteiger partial charge in [-0.25, -0.2) is 46.3 Å². The number of carbonyl (C=O) groups excluding carboxylic acids is 1. The van der Waals surface area contributed by atoms with Crippen LogP contribution in [-0.4, -0.2) is 92.3 Å². The summed E-state index contributed by atoms with van der Waals surface area (Å²) in [5.74, 6) is 1.83. The summed E-state index contributed by atoms with van der Waals surface area (Å²) in [7, 11) is 2.59. The number of H-pyrrole nitrogens is 1. The van der Waals surface area contributed by atoms with E-state index in [2.05, 4.69) is 15.3 Å². The van der Waals surface area contributed by atoms with Crippen LogP contribution in [0.4, 0.5) is 4.79 Å². The minimum absolute atomic E-state index is 0. The van der Waals surface area contributed by atoms with Crippen LogP contribution in [0.3, 0.4) is 0 Å². The van der Waals surface area contributed by atoms with Gasteiger partial charge in [-0.2, -0.15) is 0 Å². The first kappa shape index (κ1) is 50.8. The van der Waals surface area contributed by atoms with E-state index in [0.29, 0.717) is 33.2 Å². The van der Waals surface area contributed by atoms with Crippen LogP contribution in [0.25, 0.3) is 0 Å². The van der Waals surface area contributed by atoms with Crippen molar-refractivity contribution in [2.45, 2.75) is 47.8 Å². The molecule has 2 heterocycles. The standard InChI is InChI=1S/C14H18N4O6S2.C8H9ClO3S.C5H9N3O2S.CHNO.K/c1-5-25-13-15-17(14(20)18(13)24-4)12(19)16-26(21,22)10-8-6-7-9(2)11(10)23-3;1-6-4-3-5-7(8(6)12-2)13(9,10)11;1-3-11-5-7-6-4(9)8(5)10-2;2-1-3;/h6-8H,5H2,1-4H3,(H,16,19);3-5H,1-2H3;3H2,1-2H3,(H,6,9);3H;/q;;;;+1/p-1. The summed E-state index contributed by atoms with van der Waals surface area (Å²) in [6, 6.07) is 8.02. The van der Waals surface area contributed by atoms with Gasteiger partial charge in [0.15, 0.2) is 0 Å². The number of rotatable bonds is 11. The SMILES string of the molecule is CCSc1n[nH]c(=O)n1OC.CCSc1nn(C(=O)NS(=O)(=O)c2cccc(C)c2OC)c(=O)n1OC.COc1c(C)cccc1S(=O)(=O)Cl.N#C[O-].[K+]. The zero-order valence-electron chi connectivity index (χ0n) is 30.5. The molecule has 0 saturated heterocycles. The van der Waals surface area contributed by atoms with Gasteiger partial charge in [0.2, 0.25) is 10.3 Å².